The van der Waals surface area contributed by atoms with Gasteiger partial charge in [-0.2, -0.15) is 0 Å². The van der Waals surface area contributed by atoms with Gasteiger partial charge in [0.1, 0.15) is 5.82 Å². The van der Waals surface area contributed by atoms with Crippen molar-refractivity contribution in [2.75, 3.05) is 5.32 Å². The number of nitrogens with one attached hydrogen (secondary N) is 1. The molecule has 7 heteroatoms. The topological polar surface area (TPSA) is 66.4 Å². The van der Waals surface area contributed by atoms with Crippen molar-refractivity contribution in [3.05, 3.63) is 61.9 Å². The third-order valence-electron chi connectivity index (χ3n) is 2.64. The zero-order valence-corrected chi connectivity index (χ0v) is 13.3. The lowest BCUT2D eigenvalue weighted by Crippen LogP contribution is -2.16. The molecule has 2 N–H and O–H groups in total. The van der Waals surface area contributed by atoms with Gasteiger partial charge >= 0.3 is 5.97 Å². The number of carbonyl (C=O) groups is 2. The number of anilines is 1. The van der Waals surface area contributed by atoms with Crippen molar-refractivity contribution in [1.29, 1.82) is 0 Å². The molecule has 0 aliphatic carbocycles. The van der Waals surface area contributed by atoms with Gasteiger partial charge in [0.15, 0.2) is 0 Å². The van der Waals surface area contributed by atoms with E-state index in [9.17, 15) is 14.0 Å². The van der Waals surface area contributed by atoms with Crippen LogP contribution in [0, 0.1) is 9.39 Å². The molecule has 0 atom stereocenters. The van der Waals surface area contributed by atoms with Crippen LogP contribution >= 0.6 is 34.2 Å². The van der Waals surface area contributed by atoms with E-state index in [2.05, 4.69) is 5.32 Å². The number of amides is 1. The van der Waals surface area contributed by atoms with Gasteiger partial charge in [-0.15, -0.1) is 0 Å². The maximum atomic E-state index is 13.0. The standard InChI is InChI=1S/C14H8ClFINO3/c15-7-1-3-10(14(20)21)12(5-7)18-13(19)9-4-2-8(16)6-11(9)17/h1-6H,(H,18,19)(H,20,21). The van der Waals surface area contributed by atoms with Gasteiger partial charge in [-0.1, -0.05) is 11.6 Å². The second-order valence-corrected chi connectivity index (χ2v) is 5.67. The van der Waals surface area contributed by atoms with Crippen molar-refractivity contribution < 1.29 is 19.1 Å². The first kappa shape index (κ1) is 15.7. The second-order valence-electron chi connectivity index (χ2n) is 4.07. The van der Waals surface area contributed by atoms with Crippen molar-refractivity contribution in [3.63, 3.8) is 0 Å². The van der Waals surface area contributed by atoms with Gasteiger partial charge in [-0.25, -0.2) is 9.18 Å². The first-order valence-corrected chi connectivity index (χ1v) is 7.13. The average molecular weight is 420 g/mol. The molecule has 2 aromatic rings. The molecule has 0 bridgehead atoms. The van der Waals surface area contributed by atoms with Crippen LogP contribution in [0.15, 0.2) is 36.4 Å². The summed E-state index contributed by atoms with van der Waals surface area (Å²) >= 11 is 7.64. The van der Waals surface area contributed by atoms with Gasteiger partial charge < -0.3 is 10.4 Å². The first-order chi connectivity index (χ1) is 9.88. The highest BCUT2D eigenvalue weighted by Crippen LogP contribution is 2.23. The number of aromatic carboxylic acids is 1. The average Bonchev–Trinajstić information content (AvgIpc) is 2.37. The summed E-state index contributed by atoms with van der Waals surface area (Å²) < 4.78 is 13.4. The van der Waals surface area contributed by atoms with Crippen molar-refractivity contribution in [2.45, 2.75) is 0 Å². The van der Waals surface area contributed by atoms with E-state index in [0.717, 1.165) is 6.07 Å². The molecule has 2 aromatic carbocycles. The smallest absolute Gasteiger partial charge is 0.337 e. The Morgan fingerprint density at radius 3 is 2.43 bits per heavy atom. The van der Waals surface area contributed by atoms with E-state index in [-0.39, 0.29) is 16.8 Å². The largest absolute Gasteiger partial charge is 0.478 e. The Balaban J connectivity index is 2.35. The molecule has 0 spiro atoms. The Kier molecular flexibility index (Phi) is 4.79. The minimum atomic E-state index is -1.18. The molecule has 0 radical (unpaired) electrons. The molecule has 0 unspecified atom stereocenters. The highest BCUT2D eigenvalue weighted by Gasteiger charge is 2.16. The van der Waals surface area contributed by atoms with Crippen molar-refractivity contribution in [2.24, 2.45) is 0 Å². The second kappa shape index (κ2) is 6.40. The zero-order valence-electron chi connectivity index (χ0n) is 10.4. The van der Waals surface area contributed by atoms with E-state index >= 15 is 0 Å². The van der Waals surface area contributed by atoms with E-state index < -0.39 is 17.7 Å². The van der Waals surface area contributed by atoms with Gasteiger partial charge in [0.25, 0.3) is 5.91 Å². The summed E-state index contributed by atoms with van der Waals surface area (Å²) in [6, 6.07) is 7.77. The number of halogens is 3. The van der Waals surface area contributed by atoms with Crippen LogP contribution in [0.1, 0.15) is 20.7 Å². The summed E-state index contributed by atoms with van der Waals surface area (Å²) in [7, 11) is 0. The van der Waals surface area contributed by atoms with Gasteiger partial charge in [-0.05, 0) is 59.0 Å². The molecule has 2 rings (SSSR count). The Morgan fingerprint density at radius 2 is 1.81 bits per heavy atom. The number of rotatable bonds is 3. The normalized spacial score (nSPS) is 10.2. The highest BCUT2D eigenvalue weighted by atomic mass is 127. The molecule has 4 nitrogen and oxygen atoms in total. The minimum Gasteiger partial charge on any atom is -0.478 e. The van der Waals surface area contributed by atoms with E-state index in [1.807, 2.05) is 22.6 Å². The third-order valence-corrected chi connectivity index (χ3v) is 3.76. The Morgan fingerprint density at radius 1 is 1.14 bits per heavy atom. The van der Waals surface area contributed by atoms with Gasteiger partial charge in [0.2, 0.25) is 0 Å². The number of hydrogen-bond acceptors (Lipinski definition) is 2. The summed E-state index contributed by atoms with van der Waals surface area (Å²) in [6.45, 7) is 0. The van der Waals surface area contributed by atoms with E-state index in [0.29, 0.717) is 8.59 Å². The Bertz CT molecular complexity index is 736. The molecule has 0 saturated carbocycles. The fourth-order valence-electron chi connectivity index (χ4n) is 1.67. The molecule has 0 aromatic heterocycles. The van der Waals surface area contributed by atoms with E-state index in [1.54, 1.807) is 0 Å². The molecule has 21 heavy (non-hydrogen) atoms. The van der Waals surface area contributed by atoms with Crippen LogP contribution in [0.25, 0.3) is 0 Å². The molecule has 0 heterocycles. The number of carbonyl (C=O) groups excluding carboxylic acids is 1. The lowest BCUT2D eigenvalue weighted by atomic mass is 10.1. The molecular formula is C14H8ClFINO3. The summed E-state index contributed by atoms with van der Waals surface area (Å²) in [4.78, 5) is 23.3. The molecule has 108 valence electrons. The quantitative estimate of drug-likeness (QED) is 0.738. The zero-order chi connectivity index (χ0) is 15.6. The predicted molar refractivity (Wildman–Crippen MR) is 85.5 cm³/mol. The third kappa shape index (κ3) is 3.70. The predicted octanol–water partition coefficient (Wildman–Crippen LogP) is 4.03. The van der Waals surface area contributed by atoms with Crippen molar-refractivity contribution in [3.8, 4) is 0 Å². The maximum Gasteiger partial charge on any atom is 0.337 e. The van der Waals surface area contributed by atoms with Gasteiger partial charge in [0, 0.05) is 8.59 Å². The van der Waals surface area contributed by atoms with Crippen LogP contribution in [0.2, 0.25) is 5.02 Å². The first-order valence-electron chi connectivity index (χ1n) is 5.67. The van der Waals surface area contributed by atoms with Crippen molar-refractivity contribution >= 4 is 51.8 Å². The fourth-order valence-corrected chi connectivity index (χ4v) is 2.56. The van der Waals surface area contributed by atoms with Crippen LogP contribution in [0.5, 0.6) is 0 Å². The van der Waals surface area contributed by atoms with Crippen LogP contribution in [-0.4, -0.2) is 17.0 Å². The summed E-state index contributed by atoms with van der Waals surface area (Å²) in [5.74, 6) is -2.18. The van der Waals surface area contributed by atoms with Gasteiger partial charge in [0.05, 0.1) is 16.8 Å². The van der Waals surface area contributed by atoms with E-state index in [4.69, 9.17) is 16.7 Å². The van der Waals surface area contributed by atoms with Crippen molar-refractivity contribution in [1.82, 2.24) is 0 Å². The van der Waals surface area contributed by atoms with E-state index in [1.165, 1.54) is 30.3 Å². The maximum absolute atomic E-state index is 13.0. The van der Waals surface area contributed by atoms with Gasteiger partial charge in [-0.3, -0.25) is 4.79 Å². The molecular weight excluding hydrogens is 412 g/mol. The van der Waals surface area contributed by atoms with Crippen LogP contribution in [-0.2, 0) is 0 Å². The lowest BCUT2D eigenvalue weighted by Gasteiger charge is -2.10. The lowest BCUT2D eigenvalue weighted by molar-refractivity contribution is 0.0698. The van der Waals surface area contributed by atoms with Crippen LogP contribution in [0.4, 0.5) is 10.1 Å². The molecule has 0 fully saturated rings. The molecule has 0 saturated heterocycles. The highest BCUT2D eigenvalue weighted by molar-refractivity contribution is 14.1. The summed E-state index contributed by atoms with van der Waals surface area (Å²) in [5, 5.41) is 11.9. The van der Waals surface area contributed by atoms with Crippen LogP contribution < -0.4 is 5.32 Å². The monoisotopic (exact) mass is 419 g/mol. The number of carboxylic acids is 1. The Labute approximate surface area is 138 Å². The fraction of sp³-hybridized carbons (Fsp3) is 0. The summed E-state index contributed by atoms with van der Waals surface area (Å²) in [6.07, 6.45) is 0. The summed E-state index contributed by atoms with van der Waals surface area (Å²) in [5.41, 5.74) is 0.248. The van der Waals surface area contributed by atoms with Crippen LogP contribution in [0.3, 0.4) is 0 Å². The number of hydrogen-bond donors (Lipinski definition) is 2. The number of benzene rings is 2. The minimum absolute atomic E-state index is 0.0788. The molecule has 0 aliphatic rings. The Hall–Kier alpha value is -1.67. The number of carboxylic acid groups (broad SMARTS) is 1. The SMILES string of the molecule is O=C(Nc1cc(Cl)ccc1C(=O)O)c1ccc(F)cc1I. The molecule has 0 aliphatic heterocycles. The molecule has 1 amide bonds.